The van der Waals surface area contributed by atoms with Gasteiger partial charge in [-0.25, -0.2) is 0 Å². The fourth-order valence-electron chi connectivity index (χ4n) is 2.81. The van der Waals surface area contributed by atoms with E-state index in [4.69, 9.17) is 9.47 Å². The molecule has 0 aliphatic carbocycles. The normalized spacial score (nSPS) is 20.8. The van der Waals surface area contributed by atoms with Crippen LogP contribution < -0.4 is 10.6 Å². The van der Waals surface area contributed by atoms with Crippen molar-refractivity contribution in [3.63, 3.8) is 0 Å². The third-order valence-corrected chi connectivity index (χ3v) is 4.30. The lowest BCUT2D eigenvalue weighted by atomic mass is 9.89. The summed E-state index contributed by atoms with van der Waals surface area (Å²) in [5.74, 6) is 0.705. The molecule has 1 aliphatic heterocycles. The molecule has 7 heteroatoms. The maximum atomic E-state index is 10.7. The zero-order valence-corrected chi connectivity index (χ0v) is 16.9. The Kier molecular flexibility index (Phi) is 9.13. The Hall–Kier alpha value is -0.890. The molecule has 0 aromatic rings. The number of ether oxygens (including phenoxy) is 2. The molecule has 3 N–H and O–H groups in total. The smallest absolute Gasteiger partial charge is 0.191 e. The molecule has 2 unspecified atom stereocenters. The molecule has 1 heterocycles. The first kappa shape index (κ1) is 22.2. The number of aliphatic imine (C=N–C) groups is 1. The monoisotopic (exact) mass is 358 g/mol. The Labute approximate surface area is 153 Å². The molecule has 0 radical (unpaired) electrons. The molecule has 0 aromatic carbocycles. The Morgan fingerprint density at radius 3 is 2.40 bits per heavy atom. The zero-order chi connectivity index (χ0) is 18.9. The van der Waals surface area contributed by atoms with Gasteiger partial charge in [-0.15, -0.1) is 0 Å². The quantitative estimate of drug-likeness (QED) is 0.438. The van der Waals surface area contributed by atoms with E-state index in [-0.39, 0.29) is 11.5 Å². The van der Waals surface area contributed by atoms with Crippen LogP contribution in [-0.4, -0.2) is 87.3 Å². The van der Waals surface area contributed by atoms with E-state index >= 15 is 0 Å². The highest BCUT2D eigenvalue weighted by Gasteiger charge is 2.26. The van der Waals surface area contributed by atoms with Gasteiger partial charge in [-0.05, 0) is 19.3 Å². The predicted octanol–water partition coefficient (Wildman–Crippen LogP) is 0.686. The Morgan fingerprint density at radius 1 is 1.24 bits per heavy atom. The molecule has 1 saturated heterocycles. The number of morpholine rings is 1. The molecule has 0 bridgehead atoms. The number of nitrogens with zero attached hydrogens (tertiary/aromatic N) is 2. The topological polar surface area (TPSA) is 78.4 Å². The summed E-state index contributed by atoms with van der Waals surface area (Å²) in [6.45, 7) is 15.9. The summed E-state index contributed by atoms with van der Waals surface area (Å²) >= 11 is 0. The van der Waals surface area contributed by atoms with Crippen LogP contribution in [0.15, 0.2) is 4.99 Å². The van der Waals surface area contributed by atoms with Crippen LogP contribution in [0.1, 0.15) is 34.6 Å². The number of methoxy groups -OCH3 is 1. The van der Waals surface area contributed by atoms with Crippen LogP contribution >= 0.6 is 0 Å². The summed E-state index contributed by atoms with van der Waals surface area (Å²) in [7, 11) is 1.73. The SMILES string of the molecule is CCNC(=NCC(C)(O)CN1CCOCC1)NCC(OC)C(C)(C)C. The number of hydrogen-bond donors (Lipinski definition) is 3. The molecule has 0 saturated carbocycles. The lowest BCUT2D eigenvalue weighted by Crippen LogP contribution is -2.49. The Bertz CT molecular complexity index is 402. The molecule has 0 spiro atoms. The molecule has 148 valence electrons. The third kappa shape index (κ3) is 8.85. The zero-order valence-electron chi connectivity index (χ0n) is 16.9. The molecule has 2 atom stereocenters. The van der Waals surface area contributed by atoms with Crippen molar-refractivity contribution in [2.24, 2.45) is 10.4 Å². The average molecular weight is 359 g/mol. The number of nitrogens with one attached hydrogen (secondary N) is 2. The maximum absolute atomic E-state index is 10.7. The van der Waals surface area contributed by atoms with Crippen LogP contribution in [-0.2, 0) is 9.47 Å². The summed E-state index contributed by atoms with van der Waals surface area (Å²) in [6.07, 6.45) is 0.0743. The minimum absolute atomic E-state index is 0.0426. The highest BCUT2D eigenvalue weighted by molar-refractivity contribution is 5.79. The highest BCUT2D eigenvalue weighted by Crippen LogP contribution is 2.20. The Balaban J connectivity index is 2.57. The molecule has 0 amide bonds. The van der Waals surface area contributed by atoms with Gasteiger partial charge in [0.1, 0.15) is 0 Å². The summed E-state index contributed by atoms with van der Waals surface area (Å²) in [6, 6.07) is 0. The van der Waals surface area contributed by atoms with Crippen LogP contribution in [0.5, 0.6) is 0 Å². The second kappa shape index (κ2) is 10.3. The van der Waals surface area contributed by atoms with Crippen LogP contribution in [0.2, 0.25) is 0 Å². The van der Waals surface area contributed by atoms with E-state index in [0.717, 1.165) is 32.8 Å². The van der Waals surface area contributed by atoms with E-state index < -0.39 is 5.60 Å². The van der Waals surface area contributed by atoms with Gasteiger partial charge in [0.2, 0.25) is 0 Å². The van der Waals surface area contributed by atoms with Gasteiger partial charge in [0, 0.05) is 39.8 Å². The largest absolute Gasteiger partial charge is 0.387 e. The fraction of sp³-hybridized carbons (Fsp3) is 0.944. The molecular formula is C18H38N4O3. The van der Waals surface area contributed by atoms with Crippen molar-refractivity contribution in [1.29, 1.82) is 0 Å². The van der Waals surface area contributed by atoms with Gasteiger partial charge >= 0.3 is 0 Å². The second-order valence-corrected chi connectivity index (χ2v) is 8.05. The van der Waals surface area contributed by atoms with Crippen LogP contribution in [0.4, 0.5) is 0 Å². The maximum Gasteiger partial charge on any atom is 0.191 e. The van der Waals surface area contributed by atoms with Crippen molar-refractivity contribution in [3.05, 3.63) is 0 Å². The number of aliphatic hydroxyl groups is 1. The first-order valence-electron chi connectivity index (χ1n) is 9.25. The first-order valence-corrected chi connectivity index (χ1v) is 9.25. The summed E-state index contributed by atoms with van der Waals surface area (Å²) < 4.78 is 10.9. The molecule has 0 aromatic heterocycles. The summed E-state index contributed by atoms with van der Waals surface area (Å²) in [5.41, 5.74) is -0.828. The van der Waals surface area contributed by atoms with E-state index in [9.17, 15) is 5.11 Å². The van der Waals surface area contributed by atoms with Crippen LogP contribution in [0, 0.1) is 5.41 Å². The second-order valence-electron chi connectivity index (χ2n) is 8.05. The third-order valence-electron chi connectivity index (χ3n) is 4.30. The van der Waals surface area contributed by atoms with Crippen LogP contribution in [0.25, 0.3) is 0 Å². The van der Waals surface area contributed by atoms with E-state index in [1.165, 1.54) is 0 Å². The van der Waals surface area contributed by atoms with Gasteiger partial charge in [0.25, 0.3) is 0 Å². The summed E-state index contributed by atoms with van der Waals surface area (Å²) in [4.78, 5) is 6.79. The number of hydrogen-bond acceptors (Lipinski definition) is 5. The number of rotatable bonds is 8. The fourth-order valence-corrected chi connectivity index (χ4v) is 2.81. The van der Waals surface area contributed by atoms with E-state index in [0.29, 0.717) is 25.6 Å². The molecule has 1 aliphatic rings. The lowest BCUT2D eigenvalue weighted by molar-refractivity contribution is -0.0180. The van der Waals surface area contributed by atoms with E-state index in [2.05, 4.69) is 41.3 Å². The van der Waals surface area contributed by atoms with Crippen molar-refractivity contribution >= 4 is 5.96 Å². The van der Waals surface area contributed by atoms with Crippen LogP contribution in [0.3, 0.4) is 0 Å². The van der Waals surface area contributed by atoms with Crippen molar-refractivity contribution in [2.75, 3.05) is 59.6 Å². The molecule has 1 rings (SSSR count). The predicted molar refractivity (Wildman–Crippen MR) is 102 cm³/mol. The lowest BCUT2D eigenvalue weighted by Gasteiger charge is -2.33. The minimum atomic E-state index is -0.871. The molecular weight excluding hydrogens is 320 g/mol. The van der Waals surface area contributed by atoms with Crippen molar-refractivity contribution in [1.82, 2.24) is 15.5 Å². The Morgan fingerprint density at radius 2 is 1.88 bits per heavy atom. The average Bonchev–Trinajstić information content (AvgIpc) is 2.52. The first-order chi connectivity index (χ1) is 11.7. The van der Waals surface area contributed by atoms with Crippen molar-refractivity contribution in [2.45, 2.75) is 46.3 Å². The standard InChI is InChI=1S/C18H38N4O3/c1-7-19-16(20-12-15(24-6)17(2,3)4)21-13-18(5,23)14-22-8-10-25-11-9-22/h15,23H,7-14H2,1-6H3,(H2,19,20,21). The van der Waals surface area contributed by atoms with E-state index in [1.807, 2.05) is 13.8 Å². The van der Waals surface area contributed by atoms with E-state index in [1.54, 1.807) is 7.11 Å². The molecule has 25 heavy (non-hydrogen) atoms. The number of guanidine groups is 1. The van der Waals surface area contributed by atoms with Gasteiger partial charge < -0.3 is 25.2 Å². The minimum Gasteiger partial charge on any atom is -0.387 e. The van der Waals surface area contributed by atoms with Crippen molar-refractivity contribution in [3.8, 4) is 0 Å². The van der Waals surface area contributed by atoms with Gasteiger partial charge in [0.05, 0.1) is 31.5 Å². The van der Waals surface area contributed by atoms with Gasteiger partial charge in [-0.3, -0.25) is 9.89 Å². The van der Waals surface area contributed by atoms with Gasteiger partial charge in [-0.1, -0.05) is 20.8 Å². The molecule has 1 fully saturated rings. The van der Waals surface area contributed by atoms with Gasteiger partial charge in [0.15, 0.2) is 5.96 Å². The highest BCUT2D eigenvalue weighted by atomic mass is 16.5. The molecule has 7 nitrogen and oxygen atoms in total. The summed E-state index contributed by atoms with van der Waals surface area (Å²) in [5, 5.41) is 17.2. The van der Waals surface area contributed by atoms with Gasteiger partial charge in [-0.2, -0.15) is 0 Å². The number of β-amino-alcohol motifs (C(OH)–C–C–N with tert-alkyl or cyclic N) is 1. The van der Waals surface area contributed by atoms with Crippen molar-refractivity contribution < 1.29 is 14.6 Å².